The zero-order valence-corrected chi connectivity index (χ0v) is 20.1. The second-order valence-corrected chi connectivity index (χ2v) is 10.3. The molecule has 0 radical (unpaired) electrons. The van der Waals surface area contributed by atoms with E-state index in [2.05, 4.69) is 4.90 Å². The Hall–Kier alpha value is -3.02. The van der Waals surface area contributed by atoms with Gasteiger partial charge >= 0.3 is 6.18 Å². The predicted molar refractivity (Wildman–Crippen MR) is 123 cm³/mol. The van der Waals surface area contributed by atoms with Gasteiger partial charge in [0.15, 0.2) is 0 Å². The van der Waals surface area contributed by atoms with Crippen LogP contribution in [0.1, 0.15) is 53.3 Å². The summed E-state index contributed by atoms with van der Waals surface area (Å²) in [7, 11) is 1.94. The maximum atomic E-state index is 15.2. The Morgan fingerprint density at radius 3 is 2.32 bits per heavy atom. The van der Waals surface area contributed by atoms with E-state index in [-0.39, 0.29) is 41.1 Å². The Morgan fingerprint density at radius 1 is 1.16 bits per heavy atom. The van der Waals surface area contributed by atoms with E-state index in [1.165, 1.54) is 12.1 Å². The SMILES string of the molecule is C[C@H](c1cccc(C(F)F)c1F)N(c1cc(=O)n([C@H]2C[C@@H]2C(F)(F)F)cc1C(N)=O)C1C2CN(C)CC21. The molecule has 1 aromatic carbocycles. The fraction of sp³-hybridized carbons (Fsp3) is 0.520. The Morgan fingerprint density at radius 2 is 1.78 bits per heavy atom. The van der Waals surface area contributed by atoms with Crippen molar-refractivity contribution in [3.63, 3.8) is 0 Å². The average molecular weight is 528 g/mol. The second kappa shape index (κ2) is 8.78. The molecule has 3 aliphatic rings. The molecule has 6 nitrogen and oxygen atoms in total. The van der Waals surface area contributed by atoms with Crippen molar-refractivity contribution in [2.45, 2.75) is 44.1 Å². The molecule has 2 aliphatic carbocycles. The summed E-state index contributed by atoms with van der Waals surface area (Å²) in [5.41, 5.74) is 3.94. The highest BCUT2D eigenvalue weighted by Crippen LogP contribution is 2.54. The summed E-state index contributed by atoms with van der Waals surface area (Å²) in [4.78, 5) is 29.3. The van der Waals surface area contributed by atoms with Crippen LogP contribution in [0.2, 0.25) is 0 Å². The number of amides is 1. The molecule has 5 rings (SSSR count). The summed E-state index contributed by atoms with van der Waals surface area (Å²) in [5, 5.41) is 0. The number of nitrogens with two attached hydrogens (primary N) is 1. The Balaban J connectivity index is 1.60. The minimum atomic E-state index is -4.49. The number of benzene rings is 1. The number of carbonyl (C=O) groups is 1. The largest absolute Gasteiger partial charge is 0.393 e. The van der Waals surface area contributed by atoms with Crippen LogP contribution < -0.4 is 16.2 Å². The molecule has 1 amide bonds. The molecule has 0 spiro atoms. The number of pyridine rings is 1. The molecule has 2 N–H and O–H groups in total. The van der Waals surface area contributed by atoms with E-state index in [9.17, 15) is 31.5 Å². The summed E-state index contributed by atoms with van der Waals surface area (Å²) in [6.07, 6.45) is -6.76. The molecule has 37 heavy (non-hydrogen) atoms. The van der Waals surface area contributed by atoms with E-state index >= 15 is 4.39 Å². The molecular formula is C25H26F6N4O2. The first-order valence-corrected chi connectivity index (χ1v) is 12.0. The van der Waals surface area contributed by atoms with Crippen molar-refractivity contribution in [3.8, 4) is 0 Å². The number of piperidine rings is 1. The van der Waals surface area contributed by atoms with Crippen LogP contribution in [0.15, 0.2) is 35.3 Å². The molecule has 1 aliphatic heterocycles. The van der Waals surface area contributed by atoms with Gasteiger partial charge in [-0.2, -0.15) is 13.2 Å². The van der Waals surface area contributed by atoms with Crippen LogP contribution in [0.4, 0.5) is 32.0 Å². The van der Waals surface area contributed by atoms with Gasteiger partial charge in [-0.15, -0.1) is 0 Å². The minimum Gasteiger partial charge on any atom is -0.365 e. The van der Waals surface area contributed by atoms with Crippen LogP contribution in [-0.2, 0) is 0 Å². The van der Waals surface area contributed by atoms with E-state index < -0.39 is 53.5 Å². The Bertz CT molecular complexity index is 1280. The minimum absolute atomic E-state index is 0.0462. The number of likely N-dealkylation sites (tertiary alicyclic amines) is 1. The number of primary amides is 1. The summed E-state index contributed by atoms with van der Waals surface area (Å²) >= 11 is 0. The van der Waals surface area contributed by atoms with Crippen LogP contribution in [-0.4, -0.2) is 47.7 Å². The number of hydrogen-bond acceptors (Lipinski definition) is 4. The van der Waals surface area contributed by atoms with Crippen LogP contribution in [0.5, 0.6) is 0 Å². The lowest BCUT2D eigenvalue weighted by Crippen LogP contribution is -2.39. The number of alkyl halides is 5. The summed E-state index contributed by atoms with van der Waals surface area (Å²) < 4.78 is 82.4. The summed E-state index contributed by atoms with van der Waals surface area (Å²) in [6.45, 7) is 3.00. The lowest BCUT2D eigenvalue weighted by Gasteiger charge is -2.36. The molecule has 12 heteroatoms. The molecule has 1 aromatic heterocycles. The third kappa shape index (κ3) is 4.38. The van der Waals surface area contributed by atoms with Crippen molar-refractivity contribution in [3.05, 3.63) is 63.3 Å². The van der Waals surface area contributed by atoms with E-state index in [0.29, 0.717) is 13.1 Å². The number of nitrogens with zero attached hydrogens (tertiary/aromatic N) is 3. The van der Waals surface area contributed by atoms with Gasteiger partial charge in [-0.25, -0.2) is 13.2 Å². The molecule has 2 saturated carbocycles. The van der Waals surface area contributed by atoms with Crippen LogP contribution >= 0.6 is 0 Å². The van der Waals surface area contributed by atoms with Crippen LogP contribution in [0, 0.1) is 23.6 Å². The maximum absolute atomic E-state index is 15.2. The third-order valence-electron chi connectivity index (χ3n) is 7.95. The number of halogens is 6. The van der Waals surface area contributed by atoms with Gasteiger partial charge in [0, 0.05) is 43.0 Å². The van der Waals surface area contributed by atoms with Crippen molar-refractivity contribution >= 4 is 11.6 Å². The average Bonchev–Trinajstić information content (AvgIpc) is 3.69. The first-order chi connectivity index (χ1) is 17.3. The number of rotatable bonds is 7. The number of fused-ring (bicyclic) bond motifs is 1. The highest BCUT2D eigenvalue weighted by molar-refractivity contribution is 5.98. The number of aromatic nitrogens is 1. The molecule has 3 fully saturated rings. The van der Waals surface area contributed by atoms with Crippen molar-refractivity contribution in [1.82, 2.24) is 9.47 Å². The predicted octanol–water partition coefficient (Wildman–Crippen LogP) is 4.27. The lowest BCUT2D eigenvalue weighted by molar-refractivity contribution is -0.150. The van der Waals surface area contributed by atoms with Crippen molar-refractivity contribution in [2.75, 3.05) is 25.0 Å². The van der Waals surface area contributed by atoms with Gasteiger partial charge in [-0.3, -0.25) is 9.59 Å². The fourth-order valence-electron chi connectivity index (χ4n) is 6.00. The molecular weight excluding hydrogens is 502 g/mol. The Kier molecular flexibility index (Phi) is 6.08. The van der Waals surface area contributed by atoms with Gasteiger partial charge in [-0.05, 0) is 32.2 Å². The monoisotopic (exact) mass is 528 g/mol. The topological polar surface area (TPSA) is 71.6 Å². The zero-order chi connectivity index (χ0) is 27.0. The van der Waals surface area contributed by atoms with Crippen LogP contribution in [0.3, 0.4) is 0 Å². The van der Waals surface area contributed by atoms with E-state index in [1.807, 2.05) is 7.05 Å². The van der Waals surface area contributed by atoms with Gasteiger partial charge < -0.3 is 20.1 Å². The normalized spacial score (nSPS) is 27.8. The molecule has 5 atom stereocenters. The number of carbonyl (C=O) groups excluding carboxylic acids is 1. The van der Waals surface area contributed by atoms with E-state index in [0.717, 1.165) is 22.9 Å². The Labute approximate surface area is 208 Å². The third-order valence-corrected chi connectivity index (χ3v) is 7.95. The summed E-state index contributed by atoms with van der Waals surface area (Å²) in [6, 6.07) is 2.48. The maximum Gasteiger partial charge on any atom is 0.393 e. The van der Waals surface area contributed by atoms with Gasteiger partial charge in [-0.1, -0.05) is 18.2 Å². The molecule has 2 heterocycles. The van der Waals surface area contributed by atoms with Gasteiger partial charge in [0.25, 0.3) is 17.9 Å². The molecule has 0 bridgehead atoms. The molecule has 1 saturated heterocycles. The van der Waals surface area contributed by atoms with Gasteiger partial charge in [0.1, 0.15) is 5.82 Å². The lowest BCUT2D eigenvalue weighted by atomic mass is 10.0. The number of hydrogen-bond donors (Lipinski definition) is 1. The van der Waals surface area contributed by atoms with Gasteiger partial charge in [0.05, 0.1) is 28.8 Å². The first kappa shape index (κ1) is 25.6. The summed E-state index contributed by atoms with van der Waals surface area (Å²) in [5.74, 6) is -3.51. The smallest absolute Gasteiger partial charge is 0.365 e. The quantitative estimate of drug-likeness (QED) is 0.545. The molecule has 2 unspecified atom stereocenters. The van der Waals surface area contributed by atoms with E-state index in [1.54, 1.807) is 11.8 Å². The van der Waals surface area contributed by atoms with E-state index in [4.69, 9.17) is 5.73 Å². The van der Waals surface area contributed by atoms with Crippen molar-refractivity contribution in [2.24, 2.45) is 23.5 Å². The van der Waals surface area contributed by atoms with Crippen molar-refractivity contribution < 1.29 is 31.1 Å². The first-order valence-electron chi connectivity index (χ1n) is 12.0. The second-order valence-electron chi connectivity index (χ2n) is 10.3. The zero-order valence-electron chi connectivity index (χ0n) is 20.1. The fourth-order valence-corrected chi connectivity index (χ4v) is 6.00. The van der Waals surface area contributed by atoms with Gasteiger partial charge in [0.2, 0.25) is 0 Å². The standard InChI is InChI=1S/C25H26F6N4O2/c1-11(12-4-3-5-13(21(12)26)23(27)28)35(22-14-8-33(2)9-15(14)22)18-7-20(36)34(10-16(18)24(32)37)19-6-17(19)25(29,30)31/h3-5,7,10-11,14-15,17,19,22-23H,6,8-9H2,1-2H3,(H2,32,37)/t11-,14?,15?,17+,19+,22?/m1/s1. The molecule has 2 aromatic rings. The highest BCUT2D eigenvalue weighted by Gasteiger charge is 2.60. The molecule has 200 valence electrons. The highest BCUT2D eigenvalue weighted by atomic mass is 19.4. The number of anilines is 1. The van der Waals surface area contributed by atoms with Crippen LogP contribution in [0.25, 0.3) is 0 Å². The van der Waals surface area contributed by atoms with Crippen molar-refractivity contribution in [1.29, 1.82) is 0 Å².